The fourth-order valence-corrected chi connectivity index (χ4v) is 2.13. The SMILES string of the molecule is Cc1csc(NN=Cc2ccc([N+](=O)[O-])c([N+](=O)[O-])c2)n1. The van der Waals surface area contributed by atoms with E-state index in [9.17, 15) is 20.2 Å². The number of aromatic nitrogens is 1. The van der Waals surface area contributed by atoms with Crippen LogP contribution in [0.5, 0.6) is 0 Å². The van der Waals surface area contributed by atoms with Crippen LogP contribution in [0.2, 0.25) is 0 Å². The molecule has 108 valence electrons. The van der Waals surface area contributed by atoms with Gasteiger partial charge in [-0.1, -0.05) is 0 Å². The lowest BCUT2D eigenvalue weighted by Gasteiger charge is -1.97. The van der Waals surface area contributed by atoms with E-state index in [1.807, 2.05) is 12.3 Å². The average molecular weight is 307 g/mol. The zero-order chi connectivity index (χ0) is 15.4. The van der Waals surface area contributed by atoms with Gasteiger partial charge in [0, 0.05) is 23.1 Å². The molecule has 1 aromatic carbocycles. The van der Waals surface area contributed by atoms with Crippen LogP contribution in [0.4, 0.5) is 16.5 Å². The molecule has 0 bridgehead atoms. The number of nitro groups is 2. The Morgan fingerprint density at radius 1 is 1.29 bits per heavy atom. The van der Waals surface area contributed by atoms with Gasteiger partial charge in [-0.05, 0) is 13.0 Å². The summed E-state index contributed by atoms with van der Waals surface area (Å²) in [4.78, 5) is 24.0. The fraction of sp³-hybridized carbons (Fsp3) is 0.0909. The average Bonchev–Trinajstić information content (AvgIpc) is 2.84. The highest BCUT2D eigenvalue weighted by molar-refractivity contribution is 7.13. The van der Waals surface area contributed by atoms with E-state index in [0.29, 0.717) is 10.7 Å². The van der Waals surface area contributed by atoms with E-state index in [2.05, 4.69) is 15.5 Å². The Labute approximate surface area is 122 Å². The van der Waals surface area contributed by atoms with E-state index in [4.69, 9.17) is 0 Å². The van der Waals surface area contributed by atoms with Crippen molar-refractivity contribution in [2.45, 2.75) is 6.92 Å². The molecule has 9 nitrogen and oxygen atoms in total. The van der Waals surface area contributed by atoms with Crippen LogP contribution in [0.1, 0.15) is 11.3 Å². The Balaban J connectivity index is 2.18. The van der Waals surface area contributed by atoms with Gasteiger partial charge < -0.3 is 0 Å². The Morgan fingerprint density at radius 2 is 2.00 bits per heavy atom. The third-order valence-corrected chi connectivity index (χ3v) is 3.25. The second kappa shape index (κ2) is 6.05. The number of nitrogens with one attached hydrogen (secondary N) is 1. The summed E-state index contributed by atoms with van der Waals surface area (Å²) in [5.74, 6) is 0. The lowest BCUT2D eigenvalue weighted by atomic mass is 10.2. The third kappa shape index (κ3) is 3.57. The van der Waals surface area contributed by atoms with Crippen molar-refractivity contribution in [1.82, 2.24) is 4.98 Å². The molecule has 0 radical (unpaired) electrons. The predicted molar refractivity (Wildman–Crippen MR) is 77.8 cm³/mol. The monoisotopic (exact) mass is 307 g/mol. The standard InChI is InChI=1S/C11H9N5O4S/c1-7-6-21-11(13-7)14-12-5-8-2-3-9(15(17)18)10(4-8)16(19)20/h2-6H,1H3,(H,13,14). The van der Waals surface area contributed by atoms with E-state index < -0.39 is 21.2 Å². The molecule has 2 rings (SSSR count). The number of hydrazone groups is 1. The first-order valence-corrected chi connectivity index (χ1v) is 6.49. The molecule has 1 N–H and O–H groups in total. The third-order valence-electron chi connectivity index (χ3n) is 2.39. The number of aryl methyl sites for hydroxylation is 1. The van der Waals surface area contributed by atoms with Crippen molar-refractivity contribution in [2.75, 3.05) is 5.43 Å². The van der Waals surface area contributed by atoms with E-state index >= 15 is 0 Å². The van der Waals surface area contributed by atoms with Crippen molar-refractivity contribution in [3.05, 3.63) is 55.1 Å². The van der Waals surface area contributed by atoms with Crippen LogP contribution in [0.15, 0.2) is 28.7 Å². The fourth-order valence-electron chi connectivity index (χ4n) is 1.49. The summed E-state index contributed by atoms with van der Waals surface area (Å²) in [5.41, 5.74) is 2.76. The summed E-state index contributed by atoms with van der Waals surface area (Å²) in [6, 6.07) is 3.55. The van der Waals surface area contributed by atoms with E-state index in [1.54, 1.807) is 0 Å². The second-order valence-electron chi connectivity index (χ2n) is 3.93. The van der Waals surface area contributed by atoms with Gasteiger partial charge in [-0.15, -0.1) is 11.3 Å². The van der Waals surface area contributed by atoms with E-state index in [1.165, 1.54) is 23.6 Å². The molecule has 0 saturated carbocycles. The molecule has 0 aliphatic heterocycles. The molecule has 2 aromatic rings. The number of nitro benzene ring substituents is 2. The minimum Gasteiger partial charge on any atom is -0.258 e. The summed E-state index contributed by atoms with van der Waals surface area (Å²) >= 11 is 1.37. The highest BCUT2D eigenvalue weighted by Gasteiger charge is 2.23. The highest BCUT2D eigenvalue weighted by atomic mass is 32.1. The minimum absolute atomic E-state index is 0.369. The molecular formula is C11H9N5O4S. The van der Waals surface area contributed by atoms with Gasteiger partial charge in [0.1, 0.15) is 0 Å². The van der Waals surface area contributed by atoms with Crippen LogP contribution < -0.4 is 5.43 Å². The smallest absolute Gasteiger partial charge is 0.258 e. The summed E-state index contributed by atoms with van der Waals surface area (Å²) in [5, 5.41) is 27.8. The molecule has 1 aromatic heterocycles. The van der Waals surface area contributed by atoms with Gasteiger partial charge >= 0.3 is 11.4 Å². The van der Waals surface area contributed by atoms with Crippen LogP contribution in [0.25, 0.3) is 0 Å². The molecule has 0 unspecified atom stereocenters. The van der Waals surface area contributed by atoms with Crippen LogP contribution in [-0.4, -0.2) is 21.0 Å². The summed E-state index contributed by atoms with van der Waals surface area (Å²) in [7, 11) is 0. The molecule has 0 amide bonds. The van der Waals surface area contributed by atoms with Crippen molar-refractivity contribution in [3.63, 3.8) is 0 Å². The Hall–Kier alpha value is -2.88. The number of nitrogens with zero attached hydrogens (tertiary/aromatic N) is 4. The van der Waals surface area contributed by atoms with Gasteiger partial charge in [0.15, 0.2) is 0 Å². The normalized spacial score (nSPS) is 10.7. The Morgan fingerprint density at radius 3 is 2.57 bits per heavy atom. The van der Waals surface area contributed by atoms with Gasteiger partial charge in [-0.3, -0.25) is 25.7 Å². The van der Waals surface area contributed by atoms with Gasteiger partial charge in [0.2, 0.25) is 5.13 Å². The first-order chi connectivity index (χ1) is 9.97. The lowest BCUT2D eigenvalue weighted by Crippen LogP contribution is -1.98. The zero-order valence-corrected chi connectivity index (χ0v) is 11.5. The van der Waals surface area contributed by atoms with Crippen molar-refractivity contribution in [2.24, 2.45) is 5.10 Å². The van der Waals surface area contributed by atoms with Crippen LogP contribution >= 0.6 is 11.3 Å². The van der Waals surface area contributed by atoms with E-state index in [0.717, 1.165) is 17.8 Å². The number of anilines is 1. The van der Waals surface area contributed by atoms with Gasteiger partial charge in [0.05, 0.1) is 21.8 Å². The maximum atomic E-state index is 10.8. The number of rotatable bonds is 5. The van der Waals surface area contributed by atoms with Gasteiger partial charge in [-0.25, -0.2) is 4.98 Å². The largest absolute Gasteiger partial charge is 0.346 e. The van der Waals surface area contributed by atoms with Crippen molar-refractivity contribution < 1.29 is 9.85 Å². The van der Waals surface area contributed by atoms with Crippen LogP contribution in [-0.2, 0) is 0 Å². The van der Waals surface area contributed by atoms with Crippen molar-refractivity contribution in [1.29, 1.82) is 0 Å². The van der Waals surface area contributed by atoms with Crippen molar-refractivity contribution in [3.8, 4) is 0 Å². The summed E-state index contributed by atoms with van der Waals surface area (Å²) in [6.07, 6.45) is 1.33. The molecule has 10 heteroatoms. The number of hydrogen-bond acceptors (Lipinski definition) is 8. The summed E-state index contributed by atoms with van der Waals surface area (Å²) < 4.78 is 0. The van der Waals surface area contributed by atoms with Gasteiger partial charge in [-0.2, -0.15) is 5.10 Å². The molecule has 1 heterocycles. The molecule has 21 heavy (non-hydrogen) atoms. The molecule has 0 aliphatic carbocycles. The van der Waals surface area contributed by atoms with Crippen LogP contribution in [0, 0.1) is 27.2 Å². The van der Waals surface area contributed by atoms with Gasteiger partial charge in [0.25, 0.3) is 0 Å². The van der Waals surface area contributed by atoms with Crippen molar-refractivity contribution >= 4 is 34.1 Å². The number of hydrogen-bond donors (Lipinski definition) is 1. The van der Waals surface area contributed by atoms with E-state index in [-0.39, 0.29) is 0 Å². The van der Waals surface area contributed by atoms with Crippen LogP contribution in [0.3, 0.4) is 0 Å². The summed E-state index contributed by atoms with van der Waals surface area (Å²) in [6.45, 7) is 1.84. The maximum absolute atomic E-state index is 10.8. The number of benzene rings is 1. The first-order valence-electron chi connectivity index (χ1n) is 5.61. The zero-order valence-electron chi connectivity index (χ0n) is 10.7. The topological polar surface area (TPSA) is 124 Å². The molecule has 0 atom stereocenters. The first kappa shape index (κ1) is 14.5. The quantitative estimate of drug-likeness (QED) is 0.514. The number of thiazole rings is 1. The lowest BCUT2D eigenvalue weighted by molar-refractivity contribution is -0.422. The molecule has 0 saturated heterocycles. The second-order valence-corrected chi connectivity index (χ2v) is 4.78. The Kier molecular flexibility index (Phi) is 4.18. The Bertz CT molecular complexity index is 727. The predicted octanol–water partition coefficient (Wildman–Crippen LogP) is 2.71. The highest BCUT2D eigenvalue weighted by Crippen LogP contribution is 2.26. The molecule has 0 fully saturated rings. The molecule has 0 spiro atoms. The molecular weight excluding hydrogens is 298 g/mol. The maximum Gasteiger partial charge on any atom is 0.346 e. The molecule has 0 aliphatic rings. The minimum atomic E-state index is -0.799.